The van der Waals surface area contributed by atoms with Gasteiger partial charge in [-0.3, -0.25) is 4.79 Å². The van der Waals surface area contributed by atoms with E-state index >= 15 is 0 Å². The summed E-state index contributed by atoms with van der Waals surface area (Å²) < 4.78 is 10.8. The van der Waals surface area contributed by atoms with E-state index in [1.807, 2.05) is 29.2 Å². The third-order valence-electron chi connectivity index (χ3n) is 3.43. The van der Waals surface area contributed by atoms with Gasteiger partial charge in [-0.05, 0) is 30.9 Å². The van der Waals surface area contributed by atoms with E-state index in [1.54, 1.807) is 7.11 Å². The smallest absolute Gasteiger partial charge is 0.260 e. The monoisotopic (exact) mass is 263 g/mol. The summed E-state index contributed by atoms with van der Waals surface area (Å²) in [7, 11) is 1.59. The molecule has 1 saturated heterocycles. The first-order valence-electron chi connectivity index (χ1n) is 6.74. The lowest BCUT2D eigenvalue weighted by atomic mass is 10.0. The quantitative estimate of drug-likeness (QED) is 0.837. The summed E-state index contributed by atoms with van der Waals surface area (Å²) >= 11 is 0. The van der Waals surface area contributed by atoms with E-state index in [-0.39, 0.29) is 12.5 Å². The van der Waals surface area contributed by atoms with Gasteiger partial charge in [0.2, 0.25) is 0 Å². The summed E-state index contributed by atoms with van der Waals surface area (Å²) in [5.41, 5.74) is 0. The van der Waals surface area contributed by atoms with Gasteiger partial charge in [-0.1, -0.05) is 19.1 Å². The molecule has 1 aromatic rings. The number of para-hydroxylation sites is 2. The standard InChI is InChI=1S/C15H21NO3/c1-12-6-5-9-16(10-12)15(17)11-19-14-8-4-3-7-13(14)18-2/h3-4,7-8,12H,5-6,9-11H2,1-2H3/t12-/m1/s1. The first kappa shape index (κ1) is 13.7. The SMILES string of the molecule is COc1ccccc1OCC(=O)N1CCC[C@@H](C)C1. The van der Waals surface area contributed by atoms with E-state index in [4.69, 9.17) is 9.47 Å². The van der Waals surface area contributed by atoms with Crippen molar-refractivity contribution in [3.63, 3.8) is 0 Å². The molecule has 1 aromatic carbocycles. The largest absolute Gasteiger partial charge is 0.493 e. The molecule has 1 aliphatic rings. The van der Waals surface area contributed by atoms with Gasteiger partial charge in [-0.2, -0.15) is 0 Å². The van der Waals surface area contributed by atoms with Crippen LogP contribution in [0.3, 0.4) is 0 Å². The fourth-order valence-electron chi connectivity index (χ4n) is 2.38. The lowest BCUT2D eigenvalue weighted by Crippen LogP contribution is -2.41. The second-order valence-corrected chi connectivity index (χ2v) is 5.03. The molecule has 0 saturated carbocycles. The maximum absolute atomic E-state index is 12.1. The lowest BCUT2D eigenvalue weighted by Gasteiger charge is -2.30. The van der Waals surface area contributed by atoms with Crippen LogP contribution < -0.4 is 9.47 Å². The number of methoxy groups -OCH3 is 1. The molecule has 0 bridgehead atoms. The Hall–Kier alpha value is -1.71. The van der Waals surface area contributed by atoms with Crippen molar-refractivity contribution >= 4 is 5.91 Å². The Kier molecular flexibility index (Phi) is 4.66. The number of carbonyl (C=O) groups is 1. The van der Waals surface area contributed by atoms with E-state index in [1.165, 1.54) is 6.42 Å². The normalized spacial score (nSPS) is 19.1. The van der Waals surface area contributed by atoms with E-state index < -0.39 is 0 Å². The van der Waals surface area contributed by atoms with E-state index in [0.29, 0.717) is 17.4 Å². The van der Waals surface area contributed by atoms with Crippen LogP contribution in [-0.2, 0) is 4.79 Å². The van der Waals surface area contributed by atoms with Gasteiger partial charge in [0.25, 0.3) is 5.91 Å². The Balaban J connectivity index is 1.89. The van der Waals surface area contributed by atoms with Gasteiger partial charge in [-0.15, -0.1) is 0 Å². The number of benzene rings is 1. The summed E-state index contributed by atoms with van der Waals surface area (Å²) in [5.74, 6) is 1.91. The molecule has 0 spiro atoms. The van der Waals surface area contributed by atoms with Gasteiger partial charge in [0, 0.05) is 13.1 Å². The summed E-state index contributed by atoms with van der Waals surface area (Å²) in [6.07, 6.45) is 2.29. The topological polar surface area (TPSA) is 38.8 Å². The predicted molar refractivity (Wildman–Crippen MR) is 73.5 cm³/mol. The minimum absolute atomic E-state index is 0.0532. The predicted octanol–water partition coefficient (Wildman–Crippen LogP) is 2.33. The molecule has 19 heavy (non-hydrogen) atoms. The average Bonchev–Trinajstić information content (AvgIpc) is 2.45. The fourth-order valence-corrected chi connectivity index (χ4v) is 2.38. The Labute approximate surface area is 114 Å². The number of likely N-dealkylation sites (tertiary alicyclic amines) is 1. The van der Waals surface area contributed by atoms with Crippen LogP contribution in [0.2, 0.25) is 0 Å². The van der Waals surface area contributed by atoms with Crippen LogP contribution in [0, 0.1) is 5.92 Å². The molecule has 1 fully saturated rings. The zero-order valence-electron chi connectivity index (χ0n) is 11.6. The molecule has 1 heterocycles. The molecule has 1 amide bonds. The number of piperidine rings is 1. The van der Waals surface area contributed by atoms with Crippen molar-refractivity contribution in [3.8, 4) is 11.5 Å². The minimum atomic E-state index is 0.0532. The van der Waals surface area contributed by atoms with Crippen LogP contribution in [-0.4, -0.2) is 37.6 Å². The second kappa shape index (κ2) is 6.45. The van der Waals surface area contributed by atoms with Crippen LogP contribution in [0.1, 0.15) is 19.8 Å². The highest BCUT2D eigenvalue weighted by Gasteiger charge is 2.21. The third-order valence-corrected chi connectivity index (χ3v) is 3.43. The molecular weight excluding hydrogens is 242 g/mol. The Bertz CT molecular complexity index is 433. The van der Waals surface area contributed by atoms with Crippen LogP contribution >= 0.6 is 0 Å². The molecule has 104 valence electrons. The third kappa shape index (κ3) is 3.63. The molecular formula is C15H21NO3. The molecule has 0 unspecified atom stereocenters. The number of rotatable bonds is 4. The van der Waals surface area contributed by atoms with Crippen LogP contribution in [0.25, 0.3) is 0 Å². The molecule has 4 nitrogen and oxygen atoms in total. The van der Waals surface area contributed by atoms with Crippen molar-refractivity contribution in [2.45, 2.75) is 19.8 Å². The number of nitrogens with zero attached hydrogens (tertiary/aromatic N) is 1. The molecule has 1 atom stereocenters. The number of hydrogen-bond acceptors (Lipinski definition) is 3. The summed E-state index contributed by atoms with van der Waals surface area (Å²) in [6, 6.07) is 7.37. The summed E-state index contributed by atoms with van der Waals surface area (Å²) in [4.78, 5) is 14.0. The van der Waals surface area contributed by atoms with E-state index in [9.17, 15) is 4.79 Å². The fraction of sp³-hybridized carbons (Fsp3) is 0.533. The molecule has 2 rings (SSSR count). The van der Waals surface area contributed by atoms with E-state index in [0.717, 1.165) is 19.5 Å². The summed E-state index contributed by atoms with van der Waals surface area (Å²) in [6.45, 7) is 3.94. The number of ether oxygens (including phenoxy) is 2. The first-order chi connectivity index (χ1) is 9.20. The number of hydrogen-bond donors (Lipinski definition) is 0. The maximum Gasteiger partial charge on any atom is 0.260 e. The number of amides is 1. The zero-order chi connectivity index (χ0) is 13.7. The minimum Gasteiger partial charge on any atom is -0.493 e. The highest BCUT2D eigenvalue weighted by Crippen LogP contribution is 2.25. The van der Waals surface area contributed by atoms with Crippen LogP contribution in [0.5, 0.6) is 11.5 Å². The van der Waals surface area contributed by atoms with Gasteiger partial charge in [0.05, 0.1) is 7.11 Å². The Morgan fingerprint density at radius 1 is 1.37 bits per heavy atom. The van der Waals surface area contributed by atoms with Crippen LogP contribution in [0.4, 0.5) is 0 Å². The Morgan fingerprint density at radius 2 is 2.11 bits per heavy atom. The van der Waals surface area contributed by atoms with E-state index in [2.05, 4.69) is 6.92 Å². The molecule has 0 aromatic heterocycles. The lowest BCUT2D eigenvalue weighted by molar-refractivity contribution is -0.135. The first-order valence-corrected chi connectivity index (χ1v) is 6.74. The van der Waals surface area contributed by atoms with Gasteiger partial charge in [-0.25, -0.2) is 0 Å². The van der Waals surface area contributed by atoms with Crippen molar-refractivity contribution < 1.29 is 14.3 Å². The zero-order valence-corrected chi connectivity index (χ0v) is 11.6. The van der Waals surface area contributed by atoms with Gasteiger partial charge in [0.1, 0.15) is 0 Å². The number of carbonyl (C=O) groups excluding carboxylic acids is 1. The molecule has 4 heteroatoms. The van der Waals surface area contributed by atoms with Gasteiger partial charge >= 0.3 is 0 Å². The maximum atomic E-state index is 12.1. The highest BCUT2D eigenvalue weighted by atomic mass is 16.5. The second-order valence-electron chi connectivity index (χ2n) is 5.03. The van der Waals surface area contributed by atoms with Crippen molar-refractivity contribution in [2.24, 2.45) is 5.92 Å². The van der Waals surface area contributed by atoms with Crippen molar-refractivity contribution in [1.29, 1.82) is 0 Å². The van der Waals surface area contributed by atoms with Crippen molar-refractivity contribution in [3.05, 3.63) is 24.3 Å². The van der Waals surface area contributed by atoms with Crippen LogP contribution in [0.15, 0.2) is 24.3 Å². The highest BCUT2D eigenvalue weighted by molar-refractivity contribution is 5.78. The molecule has 0 radical (unpaired) electrons. The Morgan fingerprint density at radius 3 is 2.79 bits per heavy atom. The average molecular weight is 263 g/mol. The molecule has 0 aliphatic carbocycles. The molecule has 1 aliphatic heterocycles. The summed E-state index contributed by atoms with van der Waals surface area (Å²) in [5, 5.41) is 0. The molecule has 0 N–H and O–H groups in total. The van der Waals surface area contributed by atoms with Gasteiger partial charge in [0.15, 0.2) is 18.1 Å². The van der Waals surface area contributed by atoms with Crippen molar-refractivity contribution in [2.75, 3.05) is 26.8 Å². The van der Waals surface area contributed by atoms with Gasteiger partial charge < -0.3 is 14.4 Å². The van der Waals surface area contributed by atoms with Crippen molar-refractivity contribution in [1.82, 2.24) is 4.90 Å².